The van der Waals surface area contributed by atoms with Gasteiger partial charge in [-0.05, 0) is 137 Å². The third-order valence-electron chi connectivity index (χ3n) is 8.97. The molecule has 1 aromatic carbocycles. The van der Waals surface area contributed by atoms with Crippen LogP contribution in [0.5, 0.6) is 0 Å². The van der Waals surface area contributed by atoms with Gasteiger partial charge in [-0.15, -0.1) is 0 Å². The minimum Gasteiger partial charge on any atom is -0.743 e. The molecule has 0 radical (unpaired) electrons. The molecule has 5 saturated carbocycles. The van der Waals surface area contributed by atoms with Gasteiger partial charge in [-0.25, -0.2) is 18.0 Å². The van der Waals surface area contributed by atoms with Crippen LogP contribution in [0.15, 0.2) is 12.1 Å². The molecular weight excluding hydrogens is 895 g/mol. The van der Waals surface area contributed by atoms with E-state index in [0.29, 0.717) is 31.2 Å². The van der Waals surface area contributed by atoms with Crippen molar-refractivity contribution < 1.29 is 50.3 Å². The van der Waals surface area contributed by atoms with Gasteiger partial charge in [-0.3, -0.25) is 0 Å². The molecule has 15 heteroatoms. The van der Waals surface area contributed by atoms with Crippen molar-refractivity contribution in [1.29, 1.82) is 0 Å². The smallest absolute Gasteiger partial charge is 0.428 e. The summed E-state index contributed by atoms with van der Waals surface area (Å²) < 4.78 is 88.1. The van der Waals surface area contributed by atoms with Crippen molar-refractivity contribution in [2.45, 2.75) is 86.3 Å². The Morgan fingerprint density at radius 1 is 1.05 bits per heavy atom. The molecule has 0 N–H and O–H groups in total. The van der Waals surface area contributed by atoms with Gasteiger partial charge < -0.3 is 23.5 Å². The first-order valence-corrected chi connectivity index (χ1v) is 17.6. The second kappa shape index (κ2) is 10.3. The van der Waals surface area contributed by atoms with E-state index in [2.05, 4.69) is 67.8 Å². The zero-order chi connectivity index (χ0) is 28.8. The van der Waals surface area contributed by atoms with E-state index >= 15 is 0 Å². The Labute approximate surface area is 270 Å². The molecule has 1 aromatic rings. The average molecular weight is 919 g/mol. The van der Waals surface area contributed by atoms with E-state index in [-0.39, 0.29) is 36.7 Å². The maximum absolute atomic E-state index is 14.0. The van der Waals surface area contributed by atoms with Crippen LogP contribution in [0.2, 0.25) is 0 Å². The largest absolute Gasteiger partial charge is 0.743 e. The fourth-order valence-corrected chi connectivity index (χ4v) is 10.2. The van der Waals surface area contributed by atoms with E-state index in [1.165, 1.54) is 0 Å². The number of rotatable bonds is 5. The zero-order valence-corrected chi connectivity index (χ0v) is 28.0. The highest BCUT2D eigenvalue weighted by Gasteiger charge is 2.70. The van der Waals surface area contributed by atoms with Gasteiger partial charge in [0.2, 0.25) is 0 Å². The van der Waals surface area contributed by atoms with E-state index in [0.717, 1.165) is 23.6 Å². The number of hydrogen-bond donors (Lipinski definition) is 0. The summed E-state index contributed by atoms with van der Waals surface area (Å²) >= 11 is 6.48. The number of halogens is 5. The second-order valence-electron chi connectivity index (χ2n) is 11.5. The Hall–Kier alpha value is 0.0400. The quantitative estimate of drug-likeness (QED) is 0.175. The lowest BCUT2D eigenvalue weighted by Gasteiger charge is -2.62. The predicted octanol–water partition coefficient (Wildman–Crippen LogP) is 4.95. The first kappa shape index (κ1) is 30.1. The number of carbonyl (C=O) groups is 2. The normalized spacial score (nSPS) is 38.4. The van der Waals surface area contributed by atoms with Gasteiger partial charge >= 0.3 is 17.2 Å². The summed E-state index contributed by atoms with van der Waals surface area (Å²) in [6, 6.07) is 3.77. The molecule has 1 saturated heterocycles. The number of carbonyl (C=O) groups excluding carboxylic acids is 2. The van der Waals surface area contributed by atoms with Crippen molar-refractivity contribution in [3.05, 3.63) is 28.4 Å². The van der Waals surface area contributed by atoms with Gasteiger partial charge in [0.25, 0.3) is 0 Å². The molecule has 0 amide bonds. The highest BCUT2D eigenvalue weighted by molar-refractivity contribution is 14.1. The number of esters is 2. The van der Waals surface area contributed by atoms with Crippen LogP contribution < -0.4 is 0 Å². The lowest BCUT2D eigenvalue weighted by molar-refractivity contribution is -0.326. The number of benzene rings is 1. The number of fused-ring (bicyclic) bond motifs is 1. The maximum Gasteiger partial charge on any atom is 0.428 e. The highest BCUT2D eigenvalue weighted by Crippen LogP contribution is 2.65. The van der Waals surface area contributed by atoms with E-state index in [1.807, 2.05) is 6.07 Å². The fraction of sp³-hybridized carbons (Fsp3) is 0.680. The number of ether oxygens (including phenoxy) is 4. The van der Waals surface area contributed by atoms with Crippen molar-refractivity contribution in [2.75, 3.05) is 0 Å². The SMILES string of the molecule is O=C(OC1CCCC2OC3(OC12)C1CC2CC3CC(OC(=O)C(F)(F)S(=O)(=O)[O-])(C2)C1)c1cc(I)cc(I)c1I. The minimum absolute atomic E-state index is 0.0574. The van der Waals surface area contributed by atoms with Gasteiger partial charge in [0.15, 0.2) is 15.9 Å². The fourth-order valence-electron chi connectivity index (χ4n) is 7.60. The molecule has 40 heavy (non-hydrogen) atoms. The Bertz CT molecular complexity index is 1360. The van der Waals surface area contributed by atoms with Crippen molar-refractivity contribution in [1.82, 2.24) is 0 Å². The molecule has 5 atom stereocenters. The van der Waals surface area contributed by atoms with Crippen LogP contribution >= 0.6 is 67.8 Å². The van der Waals surface area contributed by atoms with Crippen LogP contribution in [0.3, 0.4) is 0 Å². The molecule has 5 unspecified atom stereocenters. The molecule has 6 fully saturated rings. The molecule has 7 rings (SSSR count). The van der Waals surface area contributed by atoms with Crippen molar-refractivity contribution in [3.8, 4) is 0 Å². The van der Waals surface area contributed by atoms with E-state index in [9.17, 15) is 31.3 Å². The lowest BCUT2D eigenvalue weighted by Crippen LogP contribution is -2.66. The third-order valence-corrected chi connectivity index (χ3v) is 13.4. The van der Waals surface area contributed by atoms with Crippen molar-refractivity contribution in [3.63, 3.8) is 0 Å². The van der Waals surface area contributed by atoms with Gasteiger partial charge in [-0.2, -0.15) is 8.78 Å². The highest BCUT2D eigenvalue weighted by atomic mass is 127. The standard InChI is InChI=1S/C25H25F2I3O9S/c26-25(27,40(33,34)35)22(32)39-23-8-11-4-12(9-23)24(13(5-11)10-23)37-18-3-1-2-17(20(18)38-24)36-21(31)15-6-14(28)7-16(29)19(15)30/h6-7,11-13,17-18,20H,1-5,8-10H2,(H,33,34,35)/p-1. The summed E-state index contributed by atoms with van der Waals surface area (Å²) in [5.41, 5.74) is -0.819. The summed E-state index contributed by atoms with van der Waals surface area (Å²) in [5, 5.41) is -5.16. The molecule has 220 valence electrons. The monoisotopic (exact) mass is 919 g/mol. The molecule has 1 spiro atoms. The Kier molecular flexibility index (Phi) is 7.75. The molecule has 9 nitrogen and oxygen atoms in total. The molecule has 6 aliphatic rings. The van der Waals surface area contributed by atoms with Gasteiger partial charge in [0.05, 0.1) is 11.7 Å². The van der Waals surface area contributed by atoms with Crippen LogP contribution in [0, 0.1) is 28.5 Å². The number of hydrogen-bond acceptors (Lipinski definition) is 9. The van der Waals surface area contributed by atoms with Crippen LogP contribution in [0.1, 0.15) is 61.7 Å². The van der Waals surface area contributed by atoms with Crippen molar-refractivity contribution >= 4 is 89.8 Å². The number of alkyl halides is 2. The summed E-state index contributed by atoms with van der Waals surface area (Å²) in [4.78, 5) is 25.4. The average Bonchev–Trinajstić information content (AvgIpc) is 3.25. The first-order chi connectivity index (χ1) is 18.6. The summed E-state index contributed by atoms with van der Waals surface area (Å²) in [7, 11) is -6.22. The topological polar surface area (TPSA) is 128 Å². The maximum atomic E-state index is 14.0. The first-order valence-electron chi connectivity index (χ1n) is 12.9. The second-order valence-corrected chi connectivity index (χ2v) is 16.4. The molecule has 1 aliphatic heterocycles. The molecule has 1 heterocycles. The van der Waals surface area contributed by atoms with Crippen LogP contribution in [0.25, 0.3) is 0 Å². The van der Waals surface area contributed by atoms with Crippen LogP contribution in [-0.4, -0.2) is 59.9 Å². The molecule has 5 aliphatic carbocycles. The van der Waals surface area contributed by atoms with Gasteiger partial charge in [-0.1, -0.05) is 0 Å². The van der Waals surface area contributed by atoms with Crippen molar-refractivity contribution in [2.24, 2.45) is 17.8 Å². The van der Waals surface area contributed by atoms with E-state index in [4.69, 9.17) is 18.9 Å². The summed E-state index contributed by atoms with van der Waals surface area (Å²) in [6.45, 7) is 0. The van der Waals surface area contributed by atoms with Gasteiger partial charge in [0, 0.05) is 22.5 Å². The van der Waals surface area contributed by atoms with Crippen LogP contribution in [0.4, 0.5) is 8.78 Å². The zero-order valence-electron chi connectivity index (χ0n) is 20.7. The predicted molar refractivity (Wildman–Crippen MR) is 157 cm³/mol. The lowest BCUT2D eigenvalue weighted by atomic mass is 9.51. The van der Waals surface area contributed by atoms with E-state index in [1.54, 1.807) is 6.07 Å². The summed E-state index contributed by atoms with van der Waals surface area (Å²) in [5.74, 6) is -4.31. The van der Waals surface area contributed by atoms with E-state index < -0.39 is 50.9 Å². The van der Waals surface area contributed by atoms with Crippen LogP contribution in [-0.2, 0) is 33.9 Å². The Morgan fingerprint density at radius 2 is 1.73 bits per heavy atom. The van der Waals surface area contributed by atoms with Gasteiger partial charge in [0.1, 0.15) is 17.8 Å². The molecule has 4 bridgehead atoms. The third kappa shape index (κ3) is 4.92. The Morgan fingerprint density at radius 3 is 2.38 bits per heavy atom. The minimum atomic E-state index is -6.22. The molecular formula is C25H24F2I3O9S-. The Balaban J connectivity index is 1.21. The summed E-state index contributed by atoms with van der Waals surface area (Å²) in [6.07, 6.45) is 2.75. The molecule has 0 aromatic heterocycles.